The van der Waals surface area contributed by atoms with Crippen molar-refractivity contribution in [1.29, 1.82) is 0 Å². The van der Waals surface area contributed by atoms with Crippen LogP contribution in [0.1, 0.15) is 45.1 Å². The van der Waals surface area contributed by atoms with E-state index in [0.717, 1.165) is 47.5 Å². The van der Waals surface area contributed by atoms with Gasteiger partial charge >= 0.3 is 0 Å². The Morgan fingerprint density at radius 2 is 1.88 bits per heavy atom. The number of thiocarbonyl (C=S) groups is 1. The number of para-hydroxylation sites is 1. The Balaban J connectivity index is 1.69. The maximum atomic E-state index is 13.2. The predicted octanol–water partition coefficient (Wildman–Crippen LogP) is 6.72. The molecule has 0 aliphatic carbocycles. The number of nitrogens with zero attached hydrogens (tertiary/aromatic N) is 3. The Labute approximate surface area is 210 Å². The molecule has 1 saturated heterocycles. The van der Waals surface area contributed by atoms with Crippen molar-refractivity contribution in [3.8, 4) is 22.7 Å². The number of benzene rings is 2. The fourth-order valence-corrected chi connectivity index (χ4v) is 5.16. The van der Waals surface area contributed by atoms with E-state index in [1.54, 1.807) is 4.90 Å². The summed E-state index contributed by atoms with van der Waals surface area (Å²) in [7, 11) is 0. The first-order chi connectivity index (χ1) is 16.6. The summed E-state index contributed by atoms with van der Waals surface area (Å²) in [6, 6.07) is 17.8. The Morgan fingerprint density at radius 3 is 2.65 bits per heavy atom. The summed E-state index contributed by atoms with van der Waals surface area (Å²) >= 11 is 6.90. The second kappa shape index (κ2) is 11.5. The summed E-state index contributed by atoms with van der Waals surface area (Å²) in [5.41, 5.74) is 3.54. The molecule has 1 aromatic heterocycles. The van der Waals surface area contributed by atoms with E-state index < -0.39 is 0 Å². The van der Waals surface area contributed by atoms with E-state index in [-0.39, 0.29) is 5.91 Å². The molecular weight excluding hydrogens is 462 g/mol. The third-order valence-electron chi connectivity index (χ3n) is 5.58. The minimum absolute atomic E-state index is 0.0204. The van der Waals surface area contributed by atoms with Gasteiger partial charge in [0.2, 0.25) is 0 Å². The molecule has 4 rings (SSSR count). The summed E-state index contributed by atoms with van der Waals surface area (Å²) in [6.45, 7) is 5.41. The first-order valence-corrected chi connectivity index (χ1v) is 13.0. The highest BCUT2D eigenvalue weighted by Crippen LogP contribution is 2.35. The number of unbranched alkanes of at least 4 members (excludes halogenated alkanes) is 3. The molecule has 176 valence electrons. The molecule has 0 bridgehead atoms. The lowest BCUT2D eigenvalue weighted by atomic mass is 10.1. The quantitative estimate of drug-likeness (QED) is 0.179. The summed E-state index contributed by atoms with van der Waals surface area (Å²) < 4.78 is 8.18. The number of carbonyl (C=O) groups is 1. The summed E-state index contributed by atoms with van der Waals surface area (Å²) in [6.07, 6.45) is 8.29. The van der Waals surface area contributed by atoms with Crippen LogP contribution in [0, 0.1) is 0 Å². The molecule has 0 saturated carbocycles. The number of hydrogen-bond donors (Lipinski definition) is 0. The second-order valence-corrected chi connectivity index (χ2v) is 9.74. The van der Waals surface area contributed by atoms with E-state index in [0.29, 0.717) is 22.4 Å². The average molecular weight is 492 g/mol. The molecule has 0 unspecified atom stereocenters. The zero-order valence-electron chi connectivity index (χ0n) is 19.6. The number of aromatic nitrogens is 2. The largest absolute Gasteiger partial charge is 0.494 e. The van der Waals surface area contributed by atoms with E-state index in [1.807, 2.05) is 78.5 Å². The molecule has 0 N–H and O–H groups in total. The van der Waals surface area contributed by atoms with Gasteiger partial charge in [-0.3, -0.25) is 9.69 Å². The monoisotopic (exact) mass is 491 g/mol. The van der Waals surface area contributed by atoms with Gasteiger partial charge in [-0.05, 0) is 43.7 Å². The van der Waals surface area contributed by atoms with E-state index >= 15 is 0 Å². The molecular formula is C27H29N3O2S2. The van der Waals surface area contributed by atoms with E-state index in [4.69, 9.17) is 22.1 Å². The number of rotatable bonds is 10. The van der Waals surface area contributed by atoms with Crippen LogP contribution in [-0.2, 0) is 4.79 Å². The molecule has 0 radical (unpaired) electrons. The van der Waals surface area contributed by atoms with Crippen molar-refractivity contribution in [2.24, 2.45) is 0 Å². The van der Waals surface area contributed by atoms with Crippen molar-refractivity contribution in [2.75, 3.05) is 13.2 Å². The topological polar surface area (TPSA) is 47.4 Å². The van der Waals surface area contributed by atoms with Crippen LogP contribution in [0.5, 0.6) is 5.75 Å². The van der Waals surface area contributed by atoms with Crippen LogP contribution in [0.4, 0.5) is 0 Å². The highest BCUT2D eigenvalue weighted by molar-refractivity contribution is 8.26. The van der Waals surface area contributed by atoms with Gasteiger partial charge < -0.3 is 4.74 Å². The fourth-order valence-electron chi connectivity index (χ4n) is 3.86. The minimum Gasteiger partial charge on any atom is -0.494 e. The molecule has 2 heterocycles. The zero-order valence-corrected chi connectivity index (χ0v) is 21.2. The summed E-state index contributed by atoms with van der Waals surface area (Å²) in [4.78, 5) is 15.5. The van der Waals surface area contributed by atoms with Gasteiger partial charge in [0.1, 0.15) is 15.8 Å². The lowest BCUT2D eigenvalue weighted by molar-refractivity contribution is -0.122. The van der Waals surface area contributed by atoms with Crippen molar-refractivity contribution in [3.63, 3.8) is 0 Å². The van der Waals surface area contributed by atoms with Crippen molar-refractivity contribution < 1.29 is 9.53 Å². The number of thioether (sulfide) groups is 1. The van der Waals surface area contributed by atoms with Gasteiger partial charge in [-0.15, -0.1) is 0 Å². The number of ether oxygens (including phenoxy) is 1. The van der Waals surface area contributed by atoms with Gasteiger partial charge in [-0.1, -0.05) is 80.5 Å². The summed E-state index contributed by atoms with van der Waals surface area (Å²) in [5, 5.41) is 4.88. The number of carbonyl (C=O) groups excluding carboxylic acids is 1. The van der Waals surface area contributed by atoms with Gasteiger partial charge in [0.05, 0.1) is 17.2 Å². The standard InChI is InChI=1S/C27H29N3O2S2/c1-3-5-6-10-16-29-26(31)24(34-27(29)33)18-21-19-30(22-13-8-7-9-14-22)28-25(21)20-12-11-15-23(17-20)32-4-2/h7-9,11-15,17-19H,3-6,10,16H2,1-2H3/b24-18-. The van der Waals surface area contributed by atoms with Gasteiger partial charge in [-0.25, -0.2) is 4.68 Å². The van der Waals surface area contributed by atoms with Crippen molar-refractivity contribution >= 4 is 40.3 Å². The molecule has 5 nitrogen and oxygen atoms in total. The van der Waals surface area contributed by atoms with Crippen molar-refractivity contribution in [3.05, 3.63) is 71.3 Å². The van der Waals surface area contributed by atoms with Crippen LogP contribution in [-0.4, -0.2) is 38.1 Å². The Kier molecular flexibility index (Phi) is 8.19. The molecule has 0 spiro atoms. The molecule has 1 aliphatic heterocycles. The molecule has 0 atom stereocenters. The van der Waals surface area contributed by atoms with Crippen LogP contribution >= 0.6 is 24.0 Å². The normalized spacial score (nSPS) is 14.9. The van der Waals surface area contributed by atoms with Gasteiger partial charge in [0.25, 0.3) is 5.91 Å². The highest BCUT2D eigenvalue weighted by atomic mass is 32.2. The fraction of sp³-hybridized carbons (Fsp3) is 0.296. The molecule has 2 aromatic carbocycles. The molecule has 1 aliphatic rings. The van der Waals surface area contributed by atoms with Crippen LogP contribution in [0.2, 0.25) is 0 Å². The van der Waals surface area contributed by atoms with Crippen LogP contribution < -0.4 is 4.74 Å². The third kappa shape index (κ3) is 5.59. The lowest BCUT2D eigenvalue weighted by Gasteiger charge is -2.13. The van der Waals surface area contributed by atoms with E-state index in [9.17, 15) is 4.79 Å². The van der Waals surface area contributed by atoms with Gasteiger partial charge in [0.15, 0.2) is 0 Å². The number of amides is 1. The molecule has 34 heavy (non-hydrogen) atoms. The van der Waals surface area contributed by atoms with Gasteiger partial charge in [0, 0.05) is 23.9 Å². The molecule has 3 aromatic rings. The average Bonchev–Trinajstić information content (AvgIpc) is 3.39. The lowest BCUT2D eigenvalue weighted by Crippen LogP contribution is -2.29. The Hall–Kier alpha value is -2.90. The first-order valence-electron chi connectivity index (χ1n) is 11.7. The van der Waals surface area contributed by atoms with Crippen LogP contribution in [0.25, 0.3) is 23.0 Å². The van der Waals surface area contributed by atoms with Gasteiger partial charge in [-0.2, -0.15) is 5.10 Å². The SMILES string of the molecule is CCCCCCN1C(=O)/C(=C/c2cn(-c3ccccc3)nc2-c2cccc(OCC)c2)SC1=S. The maximum Gasteiger partial charge on any atom is 0.266 e. The van der Waals surface area contributed by atoms with E-state index in [2.05, 4.69) is 6.92 Å². The predicted molar refractivity (Wildman–Crippen MR) is 144 cm³/mol. The number of hydrogen-bond acceptors (Lipinski definition) is 5. The second-order valence-electron chi connectivity index (χ2n) is 8.07. The van der Waals surface area contributed by atoms with Crippen LogP contribution in [0.15, 0.2) is 65.7 Å². The Bertz CT molecular complexity index is 1190. The molecule has 7 heteroatoms. The Morgan fingerprint density at radius 1 is 1.06 bits per heavy atom. The van der Waals surface area contributed by atoms with Crippen molar-refractivity contribution in [2.45, 2.75) is 39.5 Å². The first kappa shape index (κ1) is 24.2. The van der Waals surface area contributed by atoms with Crippen LogP contribution in [0.3, 0.4) is 0 Å². The minimum atomic E-state index is -0.0204. The molecule has 1 amide bonds. The molecule has 1 fully saturated rings. The highest BCUT2D eigenvalue weighted by Gasteiger charge is 2.32. The smallest absolute Gasteiger partial charge is 0.266 e. The third-order valence-corrected chi connectivity index (χ3v) is 6.95. The zero-order chi connectivity index (χ0) is 23.9. The van der Waals surface area contributed by atoms with Crippen molar-refractivity contribution in [1.82, 2.24) is 14.7 Å². The summed E-state index contributed by atoms with van der Waals surface area (Å²) in [5.74, 6) is 0.770. The van der Waals surface area contributed by atoms with E-state index in [1.165, 1.54) is 18.2 Å². The maximum absolute atomic E-state index is 13.2.